The maximum atomic E-state index is 13.5. The van der Waals surface area contributed by atoms with E-state index in [-0.39, 0.29) is 17.2 Å². The van der Waals surface area contributed by atoms with Crippen LogP contribution in [0, 0.1) is 18.6 Å². The monoisotopic (exact) mass is 575 g/mol. The van der Waals surface area contributed by atoms with E-state index in [2.05, 4.69) is 9.88 Å². The van der Waals surface area contributed by atoms with E-state index in [1.165, 1.54) is 41.2 Å². The van der Waals surface area contributed by atoms with Crippen molar-refractivity contribution in [2.45, 2.75) is 26.2 Å². The van der Waals surface area contributed by atoms with E-state index in [4.69, 9.17) is 17.5 Å². The van der Waals surface area contributed by atoms with Crippen molar-refractivity contribution in [1.29, 1.82) is 0 Å². The minimum absolute atomic E-state index is 0.0243. The molecule has 4 aromatic rings. The number of likely N-dealkylation sites (tertiary alicyclic amines) is 1. The second-order valence-electron chi connectivity index (χ2n) is 9.07. The van der Waals surface area contributed by atoms with Gasteiger partial charge in [-0.2, -0.15) is 8.42 Å². The molecule has 0 atom stereocenters. The standard InChI is InChI=1S/C27H25F2N3OS.H2O4S/c1-18-24(26(33)32-16-17-34-27(32)30-18)12-15-31-13-10-21(11-14-31)25(19-2-6-22(28)7-3-19)20-4-8-23(29)9-5-20;1-5(2,3)4/h2-9,16-17H,10-15H2,1H3;(H2,1,2,3,4). The number of nitrogens with zero attached hydrogens (tertiary/aromatic N) is 3. The first-order chi connectivity index (χ1) is 18.5. The van der Waals surface area contributed by atoms with Crippen LogP contribution in [0.25, 0.3) is 10.5 Å². The zero-order chi connectivity index (χ0) is 28.2. The second kappa shape index (κ2) is 12.3. The van der Waals surface area contributed by atoms with Gasteiger partial charge in [-0.05, 0) is 67.2 Å². The number of hydrogen-bond acceptors (Lipinski definition) is 6. The molecule has 0 saturated carbocycles. The van der Waals surface area contributed by atoms with E-state index in [9.17, 15) is 13.6 Å². The number of hydrogen-bond donors (Lipinski definition) is 2. The van der Waals surface area contributed by atoms with Gasteiger partial charge in [0.25, 0.3) is 5.56 Å². The molecule has 206 valence electrons. The largest absolute Gasteiger partial charge is 0.394 e. The molecule has 0 bridgehead atoms. The lowest BCUT2D eigenvalue weighted by molar-refractivity contribution is 0.259. The van der Waals surface area contributed by atoms with Crippen molar-refractivity contribution in [3.05, 3.63) is 110 Å². The fourth-order valence-corrected chi connectivity index (χ4v) is 5.43. The molecule has 2 aromatic carbocycles. The highest BCUT2D eigenvalue weighted by Crippen LogP contribution is 2.32. The predicted molar refractivity (Wildman–Crippen MR) is 146 cm³/mol. The zero-order valence-electron chi connectivity index (χ0n) is 21.0. The van der Waals surface area contributed by atoms with E-state index in [0.29, 0.717) is 6.42 Å². The summed E-state index contributed by atoms with van der Waals surface area (Å²) in [5.74, 6) is -0.549. The van der Waals surface area contributed by atoms with E-state index < -0.39 is 10.4 Å². The van der Waals surface area contributed by atoms with Crippen molar-refractivity contribution in [1.82, 2.24) is 14.3 Å². The molecule has 1 saturated heterocycles. The maximum absolute atomic E-state index is 13.5. The number of aryl methyl sites for hydroxylation is 1. The summed E-state index contributed by atoms with van der Waals surface area (Å²) in [6.07, 6.45) is 4.18. The van der Waals surface area contributed by atoms with Gasteiger partial charge in [-0.1, -0.05) is 29.8 Å². The Morgan fingerprint density at radius 1 is 0.974 bits per heavy atom. The first kappa shape index (κ1) is 28.7. The molecule has 0 radical (unpaired) electrons. The van der Waals surface area contributed by atoms with Crippen molar-refractivity contribution in [2.75, 3.05) is 19.6 Å². The Bertz CT molecular complexity index is 1580. The van der Waals surface area contributed by atoms with Crippen molar-refractivity contribution in [3.63, 3.8) is 0 Å². The molecule has 3 heterocycles. The van der Waals surface area contributed by atoms with E-state index >= 15 is 0 Å². The number of piperidine rings is 1. The van der Waals surface area contributed by atoms with Crippen LogP contribution in [0.2, 0.25) is 0 Å². The van der Waals surface area contributed by atoms with Gasteiger partial charge in [0.1, 0.15) is 11.6 Å². The van der Waals surface area contributed by atoms with Crippen LogP contribution in [0.1, 0.15) is 35.2 Å². The summed E-state index contributed by atoms with van der Waals surface area (Å²) in [7, 11) is -4.67. The van der Waals surface area contributed by atoms with E-state index in [1.807, 2.05) is 12.3 Å². The van der Waals surface area contributed by atoms with Crippen LogP contribution in [-0.4, -0.2) is 51.4 Å². The quantitative estimate of drug-likeness (QED) is 0.328. The molecule has 1 fully saturated rings. The summed E-state index contributed by atoms with van der Waals surface area (Å²) in [4.78, 5) is 20.5. The third-order valence-electron chi connectivity index (χ3n) is 6.52. The SMILES string of the molecule is Cc1nc2sccn2c(=O)c1CCN1CCC(=C(c2ccc(F)cc2)c2ccc(F)cc2)CC1.O=S(=O)(O)O. The Morgan fingerprint density at radius 3 is 2.00 bits per heavy atom. The maximum Gasteiger partial charge on any atom is 0.394 e. The molecule has 1 aliphatic rings. The molecule has 8 nitrogen and oxygen atoms in total. The molecule has 0 aliphatic carbocycles. The Kier molecular flexibility index (Phi) is 9.03. The van der Waals surface area contributed by atoms with Gasteiger partial charge in [-0.15, -0.1) is 11.3 Å². The summed E-state index contributed by atoms with van der Waals surface area (Å²) in [6, 6.07) is 13.0. The molecular formula is C27H27F2N3O5S2. The normalized spacial score (nSPS) is 14.2. The molecule has 0 amide bonds. The smallest absolute Gasteiger partial charge is 0.302 e. The zero-order valence-corrected chi connectivity index (χ0v) is 22.7. The van der Waals surface area contributed by atoms with Crippen molar-refractivity contribution < 1.29 is 26.3 Å². The predicted octanol–water partition coefficient (Wildman–Crippen LogP) is 4.83. The van der Waals surface area contributed by atoms with E-state index in [1.54, 1.807) is 34.9 Å². The van der Waals surface area contributed by atoms with Crippen molar-refractivity contribution in [2.24, 2.45) is 0 Å². The minimum atomic E-state index is -4.67. The van der Waals surface area contributed by atoms with Crippen LogP contribution < -0.4 is 5.56 Å². The molecule has 39 heavy (non-hydrogen) atoms. The molecule has 5 rings (SSSR count). The van der Waals surface area contributed by atoms with Gasteiger partial charge in [-0.25, -0.2) is 13.8 Å². The molecule has 0 unspecified atom stereocenters. The Hall–Kier alpha value is -3.29. The number of fused-ring (bicyclic) bond motifs is 1. The highest BCUT2D eigenvalue weighted by molar-refractivity contribution is 7.79. The average Bonchev–Trinajstić information content (AvgIpc) is 3.35. The van der Waals surface area contributed by atoms with Gasteiger partial charge in [0.15, 0.2) is 4.96 Å². The molecular weight excluding hydrogens is 548 g/mol. The van der Waals surface area contributed by atoms with Gasteiger partial charge in [0.05, 0.1) is 0 Å². The Balaban J connectivity index is 0.000000648. The highest BCUT2D eigenvalue weighted by Gasteiger charge is 2.20. The van der Waals surface area contributed by atoms with Gasteiger partial charge >= 0.3 is 10.4 Å². The summed E-state index contributed by atoms with van der Waals surface area (Å²) in [5, 5.41) is 1.88. The lowest BCUT2D eigenvalue weighted by Crippen LogP contribution is -2.34. The van der Waals surface area contributed by atoms with Crippen molar-refractivity contribution >= 4 is 32.3 Å². The minimum Gasteiger partial charge on any atom is -0.302 e. The lowest BCUT2D eigenvalue weighted by Gasteiger charge is -2.30. The molecule has 12 heteroatoms. The van der Waals surface area contributed by atoms with Gasteiger partial charge in [0, 0.05) is 42.5 Å². The molecule has 0 spiro atoms. The van der Waals surface area contributed by atoms with E-state index in [0.717, 1.165) is 65.4 Å². The number of thiazole rings is 1. The van der Waals surface area contributed by atoms with Gasteiger partial charge in [0.2, 0.25) is 0 Å². The van der Waals surface area contributed by atoms with Crippen LogP contribution in [0.15, 0.2) is 70.5 Å². The summed E-state index contributed by atoms with van der Waals surface area (Å²) in [5.41, 5.74) is 5.82. The molecule has 2 N–H and O–H groups in total. The molecule has 1 aliphatic heterocycles. The van der Waals surface area contributed by atoms with Crippen LogP contribution >= 0.6 is 11.3 Å². The number of benzene rings is 2. The molecule has 2 aromatic heterocycles. The summed E-state index contributed by atoms with van der Waals surface area (Å²) < 4.78 is 60.3. The fourth-order valence-electron chi connectivity index (χ4n) is 4.68. The summed E-state index contributed by atoms with van der Waals surface area (Å²) in [6.45, 7) is 4.44. The fraction of sp³-hybridized carbons (Fsp3) is 0.259. The van der Waals surface area contributed by atoms with Crippen molar-refractivity contribution in [3.8, 4) is 0 Å². The third-order valence-corrected chi connectivity index (χ3v) is 7.28. The number of rotatable bonds is 5. The topological polar surface area (TPSA) is 112 Å². The summed E-state index contributed by atoms with van der Waals surface area (Å²) >= 11 is 1.47. The highest BCUT2D eigenvalue weighted by atomic mass is 32.3. The average molecular weight is 576 g/mol. The van der Waals surface area contributed by atoms with Gasteiger partial charge in [-0.3, -0.25) is 18.3 Å². The van der Waals surface area contributed by atoms with Crippen LogP contribution in [0.5, 0.6) is 0 Å². The number of aromatic nitrogens is 2. The third kappa shape index (κ3) is 7.64. The lowest BCUT2D eigenvalue weighted by atomic mass is 9.88. The Labute approximate surface area is 228 Å². The van der Waals surface area contributed by atoms with Crippen LogP contribution in [0.4, 0.5) is 8.78 Å². The van der Waals surface area contributed by atoms with Gasteiger partial charge < -0.3 is 4.90 Å². The second-order valence-corrected chi connectivity index (χ2v) is 10.8. The first-order valence-corrected chi connectivity index (χ1v) is 14.4. The van der Waals surface area contributed by atoms with Crippen LogP contribution in [-0.2, 0) is 16.8 Å². The van der Waals surface area contributed by atoms with Crippen LogP contribution in [0.3, 0.4) is 0 Å². The Morgan fingerprint density at radius 2 is 1.49 bits per heavy atom. The first-order valence-electron chi connectivity index (χ1n) is 12.1. The number of halogens is 2.